The van der Waals surface area contributed by atoms with Gasteiger partial charge in [-0.05, 0) is 36.8 Å². The number of rotatable bonds is 6. The van der Waals surface area contributed by atoms with Crippen LogP contribution in [0, 0.1) is 0 Å². The molecule has 32 heavy (non-hydrogen) atoms. The van der Waals surface area contributed by atoms with E-state index in [-0.39, 0.29) is 30.6 Å². The average molecular weight is 459 g/mol. The molecule has 170 valence electrons. The average Bonchev–Trinajstić information content (AvgIpc) is 3.04. The summed E-state index contributed by atoms with van der Waals surface area (Å²) in [4.78, 5) is 28.9. The summed E-state index contributed by atoms with van der Waals surface area (Å²) in [5.41, 5.74) is -0.394. The molecule has 0 aromatic heterocycles. The summed E-state index contributed by atoms with van der Waals surface area (Å²) < 4.78 is 32.4. The number of sulfonamides is 1. The number of amides is 3. The topological polar surface area (TPSA) is 99.3 Å². The van der Waals surface area contributed by atoms with Crippen LogP contribution in [-0.2, 0) is 20.4 Å². The van der Waals surface area contributed by atoms with Crippen molar-refractivity contribution in [1.82, 2.24) is 19.4 Å². The first-order chi connectivity index (χ1) is 15.3. The molecule has 2 aromatic rings. The zero-order valence-corrected chi connectivity index (χ0v) is 18.8. The molecule has 4 rings (SSSR count). The minimum absolute atomic E-state index is 0.115. The molecule has 2 aliphatic rings. The Hall–Kier alpha value is -2.95. The molecule has 3 amide bonds. The summed E-state index contributed by atoms with van der Waals surface area (Å²) in [5, 5.41) is 2.79. The summed E-state index contributed by atoms with van der Waals surface area (Å²) >= 11 is 0. The van der Waals surface area contributed by atoms with Gasteiger partial charge in [0.1, 0.15) is 11.3 Å². The molecule has 0 spiro atoms. The van der Waals surface area contributed by atoms with Gasteiger partial charge in [-0.25, -0.2) is 18.1 Å². The molecule has 2 fully saturated rings. The minimum Gasteiger partial charge on any atom is -0.497 e. The zero-order chi connectivity index (χ0) is 22.9. The third-order valence-corrected chi connectivity index (χ3v) is 7.91. The molecule has 2 aromatic carbocycles. The summed E-state index contributed by atoms with van der Waals surface area (Å²) in [6.07, 6.45) is 0. The second-order valence-corrected chi connectivity index (χ2v) is 9.93. The van der Waals surface area contributed by atoms with E-state index in [0.29, 0.717) is 18.8 Å². The molecule has 0 unspecified atom stereocenters. The van der Waals surface area contributed by atoms with Crippen molar-refractivity contribution in [3.8, 4) is 5.75 Å². The summed E-state index contributed by atoms with van der Waals surface area (Å²) in [6, 6.07) is 15.0. The van der Waals surface area contributed by atoms with Crippen LogP contribution in [0.1, 0.15) is 12.5 Å². The van der Waals surface area contributed by atoms with Crippen LogP contribution in [0.2, 0.25) is 0 Å². The number of piperazine rings is 1. The second-order valence-electron chi connectivity index (χ2n) is 7.99. The van der Waals surface area contributed by atoms with Gasteiger partial charge in [-0.2, -0.15) is 4.31 Å². The van der Waals surface area contributed by atoms with Crippen molar-refractivity contribution < 1.29 is 22.7 Å². The maximum absolute atomic E-state index is 13.1. The molecule has 2 saturated heterocycles. The lowest BCUT2D eigenvalue weighted by atomic mass is 9.92. The van der Waals surface area contributed by atoms with Crippen LogP contribution >= 0.6 is 0 Å². The van der Waals surface area contributed by atoms with Crippen molar-refractivity contribution in [3.05, 3.63) is 60.2 Å². The smallest absolute Gasteiger partial charge is 0.326 e. The number of urea groups is 1. The largest absolute Gasteiger partial charge is 0.497 e. The summed E-state index contributed by atoms with van der Waals surface area (Å²) in [7, 11) is -2.10. The number of methoxy groups -OCH3 is 1. The van der Waals surface area contributed by atoms with Crippen molar-refractivity contribution in [2.75, 3.05) is 40.0 Å². The van der Waals surface area contributed by atoms with Gasteiger partial charge in [0.2, 0.25) is 10.0 Å². The van der Waals surface area contributed by atoms with E-state index in [0.717, 1.165) is 5.56 Å². The van der Waals surface area contributed by atoms with Crippen LogP contribution in [0.4, 0.5) is 4.79 Å². The molecule has 1 atom stereocenters. The van der Waals surface area contributed by atoms with E-state index in [1.165, 1.54) is 28.4 Å². The van der Waals surface area contributed by atoms with E-state index in [1.807, 2.05) is 35.2 Å². The number of carbonyl (C=O) groups is 2. The van der Waals surface area contributed by atoms with Crippen molar-refractivity contribution in [3.63, 3.8) is 0 Å². The molecule has 2 aliphatic heterocycles. The number of nitrogens with zero attached hydrogens (tertiary/aromatic N) is 3. The standard InChI is InChI=1S/C22H26N4O5S/c1-22(17-6-4-3-5-7-17)20(27)26(21(28)23-22)16-24-12-14-25(15-13-24)32(29,30)19-10-8-18(31-2)9-11-19/h3-11H,12-16H2,1-2H3,(H,23,28)/t22-/m0/s1. The Bertz CT molecular complexity index is 1100. The van der Waals surface area contributed by atoms with E-state index >= 15 is 0 Å². The highest BCUT2D eigenvalue weighted by Crippen LogP contribution is 2.29. The van der Waals surface area contributed by atoms with Gasteiger partial charge in [-0.3, -0.25) is 9.69 Å². The highest BCUT2D eigenvalue weighted by atomic mass is 32.2. The molecule has 0 radical (unpaired) electrons. The molecule has 0 saturated carbocycles. The first-order valence-electron chi connectivity index (χ1n) is 10.3. The van der Waals surface area contributed by atoms with Crippen LogP contribution in [0.5, 0.6) is 5.75 Å². The quantitative estimate of drug-likeness (QED) is 0.658. The zero-order valence-electron chi connectivity index (χ0n) is 18.0. The van der Waals surface area contributed by atoms with Gasteiger partial charge >= 0.3 is 6.03 Å². The van der Waals surface area contributed by atoms with Crippen LogP contribution in [0.3, 0.4) is 0 Å². The highest BCUT2D eigenvalue weighted by molar-refractivity contribution is 7.89. The number of hydrogen-bond acceptors (Lipinski definition) is 6. The van der Waals surface area contributed by atoms with Crippen molar-refractivity contribution in [1.29, 1.82) is 0 Å². The molecule has 9 nitrogen and oxygen atoms in total. The van der Waals surface area contributed by atoms with Crippen LogP contribution in [-0.4, -0.2) is 74.4 Å². The number of imide groups is 1. The van der Waals surface area contributed by atoms with Crippen molar-refractivity contribution >= 4 is 22.0 Å². The molecule has 10 heteroatoms. The number of carbonyl (C=O) groups excluding carboxylic acids is 2. The van der Waals surface area contributed by atoms with Crippen molar-refractivity contribution in [2.24, 2.45) is 0 Å². The third kappa shape index (κ3) is 3.96. The Kier molecular flexibility index (Phi) is 5.93. The van der Waals surface area contributed by atoms with Crippen LogP contribution in [0.25, 0.3) is 0 Å². The SMILES string of the molecule is COc1ccc(S(=O)(=O)N2CCN(CN3C(=O)N[C@@](C)(c4ccccc4)C3=O)CC2)cc1. The van der Waals surface area contributed by atoms with Gasteiger partial charge < -0.3 is 10.1 Å². The fourth-order valence-corrected chi connectivity index (χ4v) is 5.42. The van der Waals surface area contributed by atoms with Gasteiger partial charge in [0, 0.05) is 26.2 Å². The Morgan fingerprint density at radius 2 is 1.59 bits per heavy atom. The van der Waals surface area contributed by atoms with Gasteiger partial charge in [0.25, 0.3) is 5.91 Å². The van der Waals surface area contributed by atoms with E-state index < -0.39 is 21.6 Å². The summed E-state index contributed by atoms with van der Waals surface area (Å²) in [5.74, 6) is 0.270. The number of benzene rings is 2. The fourth-order valence-electron chi connectivity index (χ4n) is 4.00. The maximum Gasteiger partial charge on any atom is 0.326 e. The Morgan fingerprint density at radius 1 is 0.969 bits per heavy atom. The van der Waals surface area contributed by atoms with Crippen molar-refractivity contribution in [2.45, 2.75) is 17.4 Å². The first-order valence-corrected chi connectivity index (χ1v) is 11.8. The monoisotopic (exact) mass is 458 g/mol. The molecule has 0 bridgehead atoms. The second kappa shape index (κ2) is 8.53. The van der Waals surface area contributed by atoms with Gasteiger partial charge in [0.15, 0.2) is 0 Å². The minimum atomic E-state index is -3.62. The number of nitrogens with one attached hydrogen (secondary N) is 1. The first kappa shape index (κ1) is 22.3. The van der Waals surface area contributed by atoms with E-state index in [4.69, 9.17) is 4.74 Å². The summed E-state index contributed by atoms with van der Waals surface area (Å²) in [6.45, 7) is 3.18. The third-order valence-electron chi connectivity index (χ3n) is 6.00. The fraction of sp³-hybridized carbons (Fsp3) is 0.364. The number of hydrogen-bond donors (Lipinski definition) is 1. The van der Waals surface area contributed by atoms with E-state index in [9.17, 15) is 18.0 Å². The molecule has 1 N–H and O–H groups in total. The van der Waals surface area contributed by atoms with E-state index in [2.05, 4.69) is 5.32 Å². The van der Waals surface area contributed by atoms with Gasteiger partial charge in [-0.15, -0.1) is 0 Å². The predicted molar refractivity (Wildman–Crippen MR) is 117 cm³/mol. The van der Waals surface area contributed by atoms with Gasteiger partial charge in [-0.1, -0.05) is 30.3 Å². The Morgan fingerprint density at radius 3 is 2.19 bits per heavy atom. The molecular formula is C22H26N4O5S. The van der Waals surface area contributed by atoms with Crippen LogP contribution < -0.4 is 10.1 Å². The lowest BCUT2D eigenvalue weighted by Crippen LogP contribution is -2.52. The van der Waals surface area contributed by atoms with Crippen LogP contribution in [0.15, 0.2) is 59.5 Å². The molecular weight excluding hydrogens is 432 g/mol. The Balaban J connectivity index is 1.40. The Labute approximate surface area is 187 Å². The molecule has 2 heterocycles. The normalized spacial score (nSPS) is 22.8. The molecule has 0 aliphatic carbocycles. The lowest BCUT2D eigenvalue weighted by Gasteiger charge is -2.35. The van der Waals surface area contributed by atoms with E-state index in [1.54, 1.807) is 19.1 Å². The van der Waals surface area contributed by atoms with Gasteiger partial charge in [0.05, 0.1) is 18.7 Å². The predicted octanol–water partition coefficient (Wildman–Crippen LogP) is 1.43. The number of ether oxygens (including phenoxy) is 1. The highest BCUT2D eigenvalue weighted by Gasteiger charge is 2.49. The lowest BCUT2D eigenvalue weighted by molar-refractivity contribution is -0.132. The maximum atomic E-state index is 13.1.